The molecule has 0 aliphatic rings. The summed E-state index contributed by atoms with van der Waals surface area (Å²) in [6.45, 7) is 4.70. The summed E-state index contributed by atoms with van der Waals surface area (Å²) < 4.78 is 1.42. The molecule has 2 heteroatoms. The third-order valence-corrected chi connectivity index (χ3v) is 7.53. The van der Waals surface area contributed by atoms with Crippen LogP contribution in [0.1, 0.15) is 19.4 Å². The maximum atomic E-state index is 2.61. The average Bonchev–Trinajstić information content (AvgIpc) is 2.06. The van der Waals surface area contributed by atoms with Crippen molar-refractivity contribution < 1.29 is 0 Å². The molecule has 0 saturated carbocycles. The summed E-state index contributed by atoms with van der Waals surface area (Å²) in [5.74, 6) is 0. The van der Waals surface area contributed by atoms with E-state index in [-0.39, 0.29) is 17.2 Å². The Kier molecular flexibility index (Phi) is 4.37. The van der Waals surface area contributed by atoms with Crippen molar-refractivity contribution in [2.24, 2.45) is 0 Å². The van der Waals surface area contributed by atoms with Crippen molar-refractivity contribution in [3.8, 4) is 0 Å². The van der Waals surface area contributed by atoms with E-state index in [0.29, 0.717) is 5.41 Å². The molecular formula is C10H13ISn. The van der Waals surface area contributed by atoms with Gasteiger partial charge < -0.3 is 0 Å². The Hall–Kier alpha value is 0.749. The second-order valence-corrected chi connectivity index (χ2v) is 10.4. The van der Waals surface area contributed by atoms with Gasteiger partial charge in [0, 0.05) is 0 Å². The second kappa shape index (κ2) is 4.84. The van der Waals surface area contributed by atoms with Crippen LogP contribution in [0.25, 0.3) is 0 Å². The van der Waals surface area contributed by atoms with Gasteiger partial charge >= 0.3 is 95.4 Å². The molecule has 0 unspecified atom stereocenters. The molecule has 0 atom stereocenters. The first kappa shape index (κ1) is 10.8. The van der Waals surface area contributed by atoms with Gasteiger partial charge in [0.05, 0.1) is 0 Å². The van der Waals surface area contributed by atoms with Gasteiger partial charge in [-0.3, -0.25) is 0 Å². The van der Waals surface area contributed by atoms with Crippen LogP contribution in [-0.4, -0.2) is 17.2 Å². The van der Waals surface area contributed by atoms with Crippen LogP contribution in [0, 0.1) is 0 Å². The molecule has 12 heavy (non-hydrogen) atoms. The molecular weight excluding hydrogens is 366 g/mol. The van der Waals surface area contributed by atoms with E-state index in [1.165, 1.54) is 10.0 Å². The topological polar surface area (TPSA) is 0 Å². The molecule has 0 bridgehead atoms. The Balaban J connectivity index is 2.82. The first-order chi connectivity index (χ1) is 5.67. The predicted molar refractivity (Wildman–Crippen MR) is 64.0 cm³/mol. The zero-order valence-corrected chi connectivity index (χ0v) is 12.5. The SMILES string of the molecule is CC(C)([CH2][Sn][I])c1ccccc1. The third-order valence-electron chi connectivity index (χ3n) is 2.06. The number of benzene rings is 1. The summed E-state index contributed by atoms with van der Waals surface area (Å²) >= 11 is 2.50. The van der Waals surface area contributed by atoms with Crippen LogP contribution in [0.15, 0.2) is 30.3 Å². The van der Waals surface area contributed by atoms with E-state index in [2.05, 4.69) is 62.8 Å². The number of rotatable bonds is 3. The van der Waals surface area contributed by atoms with Crippen molar-refractivity contribution in [1.29, 1.82) is 0 Å². The summed E-state index contributed by atoms with van der Waals surface area (Å²) in [5.41, 5.74) is 1.90. The Morgan fingerprint density at radius 1 is 1.25 bits per heavy atom. The van der Waals surface area contributed by atoms with Crippen molar-refractivity contribution >= 4 is 35.8 Å². The van der Waals surface area contributed by atoms with E-state index in [0.717, 1.165) is 0 Å². The van der Waals surface area contributed by atoms with E-state index in [1.54, 1.807) is 0 Å². The quantitative estimate of drug-likeness (QED) is 0.558. The number of halogens is 1. The van der Waals surface area contributed by atoms with Crippen molar-refractivity contribution in [2.45, 2.75) is 23.7 Å². The van der Waals surface area contributed by atoms with E-state index < -0.39 is 0 Å². The molecule has 64 valence electrons. The minimum atomic E-state index is -0.107. The summed E-state index contributed by atoms with van der Waals surface area (Å²) in [4.78, 5) is 0. The Labute approximate surface area is 94.5 Å². The molecule has 0 spiro atoms. The van der Waals surface area contributed by atoms with Gasteiger partial charge in [-0.25, -0.2) is 0 Å². The van der Waals surface area contributed by atoms with E-state index in [4.69, 9.17) is 0 Å². The Morgan fingerprint density at radius 3 is 2.33 bits per heavy atom. The van der Waals surface area contributed by atoms with E-state index in [1.807, 2.05) is 0 Å². The molecule has 0 aromatic heterocycles. The number of hydrogen-bond donors (Lipinski definition) is 0. The van der Waals surface area contributed by atoms with Crippen molar-refractivity contribution in [3.05, 3.63) is 35.9 Å². The van der Waals surface area contributed by atoms with Gasteiger partial charge in [-0.05, 0) is 0 Å². The van der Waals surface area contributed by atoms with Crippen LogP contribution >= 0.6 is 18.6 Å². The van der Waals surface area contributed by atoms with Gasteiger partial charge in [0.25, 0.3) is 0 Å². The molecule has 0 aliphatic carbocycles. The summed E-state index contributed by atoms with van der Waals surface area (Å²) in [6.07, 6.45) is 0. The molecule has 1 aromatic rings. The zero-order chi connectivity index (χ0) is 9.03. The minimum absolute atomic E-state index is 0.107. The van der Waals surface area contributed by atoms with Gasteiger partial charge in [0.15, 0.2) is 0 Å². The second-order valence-electron chi connectivity index (χ2n) is 3.56. The molecule has 1 aromatic carbocycles. The van der Waals surface area contributed by atoms with Gasteiger partial charge in [0.1, 0.15) is 0 Å². The predicted octanol–water partition coefficient (Wildman–Crippen LogP) is 3.44. The fourth-order valence-corrected chi connectivity index (χ4v) is 9.09. The summed E-state index contributed by atoms with van der Waals surface area (Å²) in [5, 5.41) is 0. The molecule has 0 saturated heterocycles. The van der Waals surface area contributed by atoms with E-state index in [9.17, 15) is 0 Å². The average molecular weight is 379 g/mol. The molecule has 1 rings (SSSR count). The van der Waals surface area contributed by atoms with E-state index >= 15 is 0 Å². The molecule has 0 nitrogen and oxygen atoms in total. The van der Waals surface area contributed by atoms with Crippen LogP contribution in [0.3, 0.4) is 0 Å². The standard InChI is InChI=1S/C10H13.HI.Sn/c1-10(2,3)9-7-5-4-6-8-9;;/h4-8H,1H2,2-3H3;1H;/q;;+1/p-1. The maximum absolute atomic E-state index is 2.61. The van der Waals surface area contributed by atoms with Crippen molar-refractivity contribution in [2.75, 3.05) is 0 Å². The van der Waals surface area contributed by atoms with Gasteiger partial charge in [-0.1, -0.05) is 0 Å². The molecule has 2 radical (unpaired) electrons. The molecule has 0 fully saturated rings. The van der Waals surface area contributed by atoms with Crippen molar-refractivity contribution in [1.82, 2.24) is 0 Å². The number of hydrogen-bond acceptors (Lipinski definition) is 0. The first-order valence-corrected chi connectivity index (χ1v) is 14.4. The monoisotopic (exact) mass is 380 g/mol. The van der Waals surface area contributed by atoms with Crippen LogP contribution in [0.5, 0.6) is 0 Å². The normalized spacial score (nSPS) is 11.6. The van der Waals surface area contributed by atoms with Crippen LogP contribution in [0.2, 0.25) is 4.44 Å². The van der Waals surface area contributed by atoms with Crippen molar-refractivity contribution in [3.63, 3.8) is 0 Å². The van der Waals surface area contributed by atoms with Crippen LogP contribution in [-0.2, 0) is 5.41 Å². The first-order valence-electron chi connectivity index (χ1n) is 4.06. The fraction of sp³-hybridized carbons (Fsp3) is 0.400. The van der Waals surface area contributed by atoms with Crippen LogP contribution < -0.4 is 0 Å². The summed E-state index contributed by atoms with van der Waals surface area (Å²) in [6, 6.07) is 10.8. The molecule has 0 N–H and O–H groups in total. The Morgan fingerprint density at radius 2 is 1.83 bits per heavy atom. The molecule has 0 heterocycles. The zero-order valence-electron chi connectivity index (χ0n) is 7.47. The van der Waals surface area contributed by atoms with Gasteiger partial charge in [-0.2, -0.15) is 0 Å². The molecule has 0 aliphatic heterocycles. The van der Waals surface area contributed by atoms with Gasteiger partial charge in [-0.15, -0.1) is 0 Å². The van der Waals surface area contributed by atoms with Gasteiger partial charge in [0.2, 0.25) is 0 Å². The third kappa shape index (κ3) is 2.91. The fourth-order valence-electron chi connectivity index (χ4n) is 1.16. The Bertz CT molecular complexity index is 231. The molecule has 0 amide bonds. The summed E-state index contributed by atoms with van der Waals surface area (Å²) in [7, 11) is 0. The van der Waals surface area contributed by atoms with Crippen LogP contribution in [0.4, 0.5) is 0 Å².